The topological polar surface area (TPSA) is 17.1 Å². The van der Waals surface area contributed by atoms with Crippen LogP contribution in [0.15, 0.2) is 0 Å². The van der Waals surface area contributed by atoms with E-state index in [-0.39, 0.29) is 0 Å². The molecule has 1 aliphatic rings. The Morgan fingerprint density at radius 3 is 2.67 bits per heavy atom. The summed E-state index contributed by atoms with van der Waals surface area (Å²) in [6, 6.07) is 0. The first-order chi connectivity index (χ1) is 4.29. The fourth-order valence-electron chi connectivity index (χ4n) is 1.14. The van der Waals surface area contributed by atoms with Crippen LogP contribution < -0.4 is 0 Å². The van der Waals surface area contributed by atoms with Gasteiger partial charge in [0.05, 0.1) is 0 Å². The average molecular weight is 204 g/mol. The van der Waals surface area contributed by atoms with Gasteiger partial charge in [-0.25, -0.2) is 0 Å². The third kappa shape index (κ3) is 1.28. The van der Waals surface area contributed by atoms with Gasteiger partial charge in [0.15, 0.2) is 0 Å². The van der Waals surface area contributed by atoms with Gasteiger partial charge in [-0.2, -0.15) is 0 Å². The molecule has 0 spiro atoms. The van der Waals surface area contributed by atoms with Crippen molar-refractivity contribution < 1.29 is 4.79 Å². The second-order valence-corrected chi connectivity index (χ2v) is 5.22. The molecule has 0 saturated heterocycles. The van der Waals surface area contributed by atoms with E-state index in [1.165, 1.54) is 0 Å². The van der Waals surface area contributed by atoms with Crippen molar-refractivity contribution in [1.82, 2.24) is 0 Å². The Morgan fingerprint density at radius 1 is 1.78 bits per heavy atom. The Balaban J connectivity index is 2.37. The number of hydrogen-bond acceptors (Lipinski definition) is 1. The van der Waals surface area contributed by atoms with E-state index in [1.54, 1.807) is 0 Å². The Labute approximate surface area is 65.2 Å². The summed E-state index contributed by atoms with van der Waals surface area (Å²) in [5.74, 6) is 2.57. The maximum atomic E-state index is 10.3. The molecule has 1 rings (SSSR count). The first-order valence-corrected chi connectivity index (χ1v) is 6.26. The molecule has 0 aromatic rings. The fraction of sp³-hybridized carbons (Fsp3) is 0.833. The minimum atomic E-state index is 0.373. The summed E-state index contributed by atoms with van der Waals surface area (Å²) in [6.45, 7) is 0. The van der Waals surface area contributed by atoms with Gasteiger partial charge in [-0.3, -0.25) is 0 Å². The molecule has 1 saturated carbocycles. The van der Waals surface area contributed by atoms with Crippen LogP contribution in [-0.2, 0) is 4.79 Å². The molecule has 1 aliphatic carbocycles. The van der Waals surface area contributed by atoms with Crippen LogP contribution in [0.3, 0.4) is 0 Å². The zero-order valence-corrected chi connectivity index (χ0v) is 8.05. The minimum absolute atomic E-state index is 0.373. The Morgan fingerprint density at radius 2 is 2.44 bits per heavy atom. The molecule has 0 bridgehead atoms. The second-order valence-electron chi connectivity index (χ2n) is 2.34. The number of carbonyl (C=O) groups is 1. The molecule has 0 aromatic heterocycles. The Kier molecular flexibility index (Phi) is 2.50. The van der Waals surface area contributed by atoms with E-state index in [4.69, 9.17) is 0 Å². The zero-order valence-electron chi connectivity index (χ0n) is 5.33. The maximum absolute atomic E-state index is 10.3. The molecule has 9 heavy (non-hydrogen) atoms. The number of hydrogen-bond donors (Lipinski definition) is 0. The average Bonchev–Trinajstić information content (AvgIpc) is 1.83. The van der Waals surface area contributed by atoms with Crippen LogP contribution in [0.4, 0.5) is 0 Å². The summed E-state index contributed by atoms with van der Waals surface area (Å²) in [7, 11) is 3.57. The molecule has 0 N–H and O–H groups in total. The predicted octanol–water partition coefficient (Wildman–Crippen LogP) is 0.703. The molecule has 3 heteroatoms. The Hall–Kier alpha value is 0.406. The summed E-state index contributed by atoms with van der Waals surface area (Å²) in [5, 5.41) is 0. The van der Waals surface area contributed by atoms with Gasteiger partial charge >= 0.3 is 64.8 Å². The molecule has 0 unspecified atom stereocenters. The van der Waals surface area contributed by atoms with Crippen LogP contribution in [-0.4, -0.2) is 31.5 Å². The van der Waals surface area contributed by atoms with Crippen molar-refractivity contribution in [2.45, 2.75) is 22.6 Å². The molecular weight excluding hydrogens is 195 g/mol. The molecule has 1 nitrogen and oxygen atoms in total. The first-order valence-electron chi connectivity index (χ1n) is 2.98. The van der Waals surface area contributed by atoms with Crippen molar-refractivity contribution in [2.24, 2.45) is 5.92 Å². The van der Waals surface area contributed by atoms with Gasteiger partial charge < -0.3 is 0 Å². The van der Waals surface area contributed by atoms with Gasteiger partial charge in [-0.15, -0.1) is 0 Å². The van der Waals surface area contributed by atoms with Crippen LogP contribution in [0, 0.1) is 5.92 Å². The van der Waals surface area contributed by atoms with E-state index in [2.05, 4.69) is 16.1 Å². The van der Waals surface area contributed by atoms with Gasteiger partial charge in [-0.1, -0.05) is 0 Å². The molecule has 1 fully saturated rings. The van der Waals surface area contributed by atoms with Crippen molar-refractivity contribution in [3.63, 3.8) is 0 Å². The van der Waals surface area contributed by atoms with Crippen LogP contribution in [0.5, 0.6) is 0 Å². The summed E-state index contributed by atoms with van der Waals surface area (Å²) in [5.41, 5.74) is 0.630. The van der Waals surface area contributed by atoms with E-state index in [0.29, 0.717) is 31.2 Å². The SMILES string of the molecule is C[Se][C@H]1[C@H](C=O)C[C@@H]1[Si]. The number of carbonyl (C=O) groups excluding carboxylic acids is 1. The first kappa shape index (κ1) is 7.51. The van der Waals surface area contributed by atoms with Crippen molar-refractivity contribution in [2.75, 3.05) is 0 Å². The third-order valence-corrected chi connectivity index (χ3v) is 5.49. The molecule has 3 atom stereocenters. The molecular formula is C6H9OSeSi. The fourth-order valence-corrected chi connectivity index (χ4v) is 4.39. The van der Waals surface area contributed by atoms with E-state index < -0.39 is 0 Å². The van der Waals surface area contributed by atoms with Crippen LogP contribution in [0.2, 0.25) is 16.2 Å². The third-order valence-electron chi connectivity index (χ3n) is 1.79. The van der Waals surface area contributed by atoms with Gasteiger partial charge in [0, 0.05) is 0 Å². The van der Waals surface area contributed by atoms with Crippen LogP contribution >= 0.6 is 0 Å². The molecule has 0 heterocycles. The second kappa shape index (κ2) is 3.00. The van der Waals surface area contributed by atoms with Crippen molar-refractivity contribution in [3.8, 4) is 0 Å². The summed E-state index contributed by atoms with van der Waals surface area (Å²) < 4.78 is 0. The molecule has 49 valence electrons. The summed E-state index contributed by atoms with van der Waals surface area (Å²) in [6.07, 6.45) is 2.16. The predicted molar refractivity (Wildman–Crippen MR) is 39.0 cm³/mol. The van der Waals surface area contributed by atoms with Gasteiger partial charge in [0.25, 0.3) is 0 Å². The molecule has 0 amide bonds. The van der Waals surface area contributed by atoms with E-state index >= 15 is 0 Å². The van der Waals surface area contributed by atoms with Crippen molar-refractivity contribution in [1.29, 1.82) is 0 Å². The zero-order chi connectivity index (χ0) is 6.85. The summed E-state index contributed by atoms with van der Waals surface area (Å²) in [4.78, 5) is 11.0. The monoisotopic (exact) mass is 205 g/mol. The van der Waals surface area contributed by atoms with E-state index in [1.807, 2.05) is 0 Å². The Bertz CT molecular complexity index is 118. The standard InChI is InChI=1S/C6H9OSeSi/c1-8-6-4(3-7)2-5(6)9/h3-6H,2H2,1H3/t4-,5-,6-/m0/s1. The van der Waals surface area contributed by atoms with Crippen LogP contribution in [0.25, 0.3) is 0 Å². The molecule has 0 aliphatic heterocycles. The van der Waals surface area contributed by atoms with Crippen LogP contribution in [0.1, 0.15) is 6.42 Å². The van der Waals surface area contributed by atoms with E-state index in [0.717, 1.165) is 12.7 Å². The van der Waals surface area contributed by atoms with Crippen molar-refractivity contribution >= 4 is 31.5 Å². The van der Waals surface area contributed by atoms with E-state index in [9.17, 15) is 4.79 Å². The van der Waals surface area contributed by atoms with Gasteiger partial charge in [0.2, 0.25) is 0 Å². The summed E-state index contributed by atoms with van der Waals surface area (Å²) >= 11 is 0.635. The normalized spacial score (nSPS) is 41.8. The van der Waals surface area contributed by atoms with Gasteiger partial charge in [-0.05, 0) is 0 Å². The number of aldehydes is 1. The molecule has 0 aromatic carbocycles. The quantitative estimate of drug-likeness (QED) is 0.478. The van der Waals surface area contributed by atoms with Crippen molar-refractivity contribution in [3.05, 3.63) is 0 Å². The number of rotatable bonds is 2. The van der Waals surface area contributed by atoms with Gasteiger partial charge in [0.1, 0.15) is 0 Å². The molecule has 3 radical (unpaired) electrons.